The molecule has 10 heteroatoms. The Morgan fingerprint density at radius 1 is 1.26 bits per heavy atom. The van der Waals surface area contributed by atoms with Gasteiger partial charge >= 0.3 is 5.97 Å². The Morgan fingerprint density at radius 2 is 2.00 bits per heavy atom. The number of nitrogens with zero attached hydrogens (tertiary/aromatic N) is 3. The van der Waals surface area contributed by atoms with Crippen molar-refractivity contribution in [3.05, 3.63) is 74.6 Å². The maximum atomic E-state index is 12.4. The molecular formula is C21H19N3O5S2. The van der Waals surface area contributed by atoms with Crippen molar-refractivity contribution in [1.29, 1.82) is 0 Å². The second kappa shape index (κ2) is 10.2. The van der Waals surface area contributed by atoms with Crippen LogP contribution in [0.1, 0.15) is 15.9 Å². The van der Waals surface area contributed by atoms with E-state index in [2.05, 4.69) is 4.99 Å². The smallest absolute Gasteiger partial charge is 0.337 e. The third-order valence-electron chi connectivity index (χ3n) is 4.35. The van der Waals surface area contributed by atoms with Gasteiger partial charge in [-0.2, -0.15) is 16.8 Å². The van der Waals surface area contributed by atoms with E-state index in [4.69, 9.17) is 4.74 Å². The van der Waals surface area contributed by atoms with Crippen molar-refractivity contribution >= 4 is 57.0 Å². The van der Waals surface area contributed by atoms with Crippen molar-refractivity contribution in [1.82, 2.24) is 4.57 Å². The largest absolute Gasteiger partial charge is 0.465 e. The molecule has 0 radical (unpaired) electrons. The fraction of sp³-hybridized carbons (Fsp3) is 0.190. The Kier molecular flexibility index (Phi) is 7.37. The van der Waals surface area contributed by atoms with E-state index in [1.165, 1.54) is 36.7 Å². The molecule has 1 aromatic heterocycles. The van der Waals surface area contributed by atoms with E-state index in [0.717, 1.165) is 16.0 Å². The van der Waals surface area contributed by atoms with Crippen LogP contribution in [-0.2, 0) is 16.1 Å². The van der Waals surface area contributed by atoms with Gasteiger partial charge in [-0.25, -0.2) is 4.79 Å². The molecule has 0 saturated heterocycles. The molecule has 1 amide bonds. The van der Waals surface area contributed by atoms with Crippen molar-refractivity contribution in [3.8, 4) is 0 Å². The summed E-state index contributed by atoms with van der Waals surface area (Å²) in [7, 11) is 1.33. The number of methoxy groups -OCH3 is 1. The van der Waals surface area contributed by atoms with E-state index >= 15 is 0 Å². The lowest BCUT2D eigenvalue weighted by atomic mass is 10.2. The Hall–Kier alpha value is -3.24. The number of aryl methyl sites for hydroxylation is 1. The first kappa shape index (κ1) is 22.4. The monoisotopic (exact) mass is 457 g/mol. The van der Waals surface area contributed by atoms with Gasteiger partial charge in [0.2, 0.25) is 0 Å². The lowest BCUT2D eigenvalue weighted by Gasteiger charge is -2.04. The van der Waals surface area contributed by atoms with Gasteiger partial charge in [0.1, 0.15) is 0 Å². The number of thioether (sulfide) groups is 1. The van der Waals surface area contributed by atoms with Crippen LogP contribution in [0.4, 0.5) is 5.69 Å². The highest BCUT2D eigenvalue weighted by Gasteiger charge is 2.11. The summed E-state index contributed by atoms with van der Waals surface area (Å²) in [5, 5.41) is 10.7. The molecule has 0 aliphatic carbocycles. The first-order valence-corrected chi connectivity index (χ1v) is 11.4. The molecule has 1 heterocycles. The van der Waals surface area contributed by atoms with E-state index < -0.39 is 16.8 Å². The number of amides is 1. The highest BCUT2D eigenvalue weighted by molar-refractivity contribution is 7.98. The highest BCUT2D eigenvalue weighted by Crippen LogP contribution is 2.20. The van der Waals surface area contributed by atoms with Crippen molar-refractivity contribution in [2.75, 3.05) is 19.1 Å². The Labute approximate surface area is 186 Å². The van der Waals surface area contributed by atoms with Crippen LogP contribution in [0.5, 0.6) is 0 Å². The van der Waals surface area contributed by atoms with Gasteiger partial charge < -0.3 is 9.30 Å². The highest BCUT2D eigenvalue weighted by atomic mass is 32.2. The summed E-state index contributed by atoms with van der Waals surface area (Å²) in [5.41, 5.74) is 1.96. The van der Waals surface area contributed by atoms with Crippen molar-refractivity contribution < 1.29 is 19.2 Å². The number of non-ortho nitro benzene ring substituents is 1. The molecule has 8 nitrogen and oxygen atoms in total. The maximum absolute atomic E-state index is 12.4. The third-order valence-corrected chi connectivity index (χ3v) is 5.98. The van der Waals surface area contributed by atoms with Crippen LogP contribution >= 0.6 is 23.1 Å². The van der Waals surface area contributed by atoms with Gasteiger partial charge in [-0.1, -0.05) is 11.3 Å². The van der Waals surface area contributed by atoms with E-state index in [1.807, 2.05) is 16.9 Å². The molecule has 0 unspecified atom stereocenters. The summed E-state index contributed by atoms with van der Waals surface area (Å²) >= 11 is 3.00. The molecule has 0 aliphatic heterocycles. The predicted octanol–water partition coefficient (Wildman–Crippen LogP) is 3.90. The zero-order chi connectivity index (χ0) is 22.4. The third kappa shape index (κ3) is 5.47. The van der Waals surface area contributed by atoms with Crippen LogP contribution in [0.15, 0.2) is 53.5 Å². The fourth-order valence-electron chi connectivity index (χ4n) is 2.81. The van der Waals surface area contributed by atoms with Crippen molar-refractivity contribution in [2.45, 2.75) is 6.54 Å². The summed E-state index contributed by atoms with van der Waals surface area (Å²) in [6.07, 6.45) is 4.88. The molecule has 3 aromatic rings. The van der Waals surface area contributed by atoms with E-state index in [-0.39, 0.29) is 5.69 Å². The first-order valence-electron chi connectivity index (χ1n) is 9.15. The van der Waals surface area contributed by atoms with Gasteiger partial charge in [-0.15, -0.1) is 0 Å². The number of hydrogen-bond acceptors (Lipinski definition) is 7. The number of carbonyl (C=O) groups excluding carboxylic acids is 2. The molecule has 31 heavy (non-hydrogen) atoms. The number of hydrogen-bond donors (Lipinski definition) is 0. The molecule has 0 atom stereocenters. The molecular weight excluding hydrogens is 438 g/mol. The fourth-order valence-corrected chi connectivity index (χ4v) is 4.27. The van der Waals surface area contributed by atoms with Crippen LogP contribution in [0.3, 0.4) is 0 Å². The summed E-state index contributed by atoms with van der Waals surface area (Å²) < 4.78 is 7.56. The van der Waals surface area contributed by atoms with Crippen molar-refractivity contribution in [2.24, 2.45) is 4.99 Å². The zero-order valence-electron chi connectivity index (χ0n) is 16.8. The van der Waals surface area contributed by atoms with Crippen LogP contribution < -0.4 is 4.80 Å². The molecule has 0 aliphatic rings. The van der Waals surface area contributed by atoms with E-state index in [0.29, 0.717) is 22.5 Å². The van der Waals surface area contributed by atoms with Crippen LogP contribution in [0, 0.1) is 10.1 Å². The molecule has 3 rings (SSSR count). The number of esters is 1. The average Bonchev–Trinajstić information content (AvgIpc) is 3.11. The molecule has 2 aromatic carbocycles. The SMILES string of the molecule is COC(=O)c1ccc2c(c1)sc(=NC(=O)C=Cc1ccc([N+](=O)[O-])cc1)n2CCSC. The first-order chi connectivity index (χ1) is 14.9. The number of fused-ring (bicyclic) bond motifs is 1. The van der Waals surface area contributed by atoms with Gasteiger partial charge in [0.15, 0.2) is 4.80 Å². The average molecular weight is 458 g/mol. The van der Waals surface area contributed by atoms with Gasteiger partial charge in [0.25, 0.3) is 11.6 Å². The maximum Gasteiger partial charge on any atom is 0.337 e. The lowest BCUT2D eigenvalue weighted by Crippen LogP contribution is -2.17. The van der Waals surface area contributed by atoms with Gasteiger partial charge in [0, 0.05) is 30.5 Å². The zero-order valence-corrected chi connectivity index (χ0v) is 18.4. The Morgan fingerprint density at radius 3 is 2.65 bits per heavy atom. The summed E-state index contributed by atoms with van der Waals surface area (Å²) in [6, 6.07) is 11.1. The summed E-state index contributed by atoms with van der Waals surface area (Å²) in [4.78, 5) is 39.3. The number of thiazole rings is 1. The number of nitro benzene ring substituents is 1. The van der Waals surface area contributed by atoms with Gasteiger partial charge in [-0.3, -0.25) is 14.9 Å². The van der Waals surface area contributed by atoms with Gasteiger partial charge in [0.05, 0.1) is 27.8 Å². The second-order valence-corrected chi connectivity index (χ2v) is 8.33. The second-order valence-electron chi connectivity index (χ2n) is 6.34. The quantitative estimate of drug-likeness (QED) is 0.231. The van der Waals surface area contributed by atoms with Crippen LogP contribution in [-0.4, -0.2) is 40.5 Å². The number of benzene rings is 2. The molecule has 160 valence electrons. The molecule has 0 fully saturated rings. The molecule has 0 bridgehead atoms. The number of aromatic nitrogens is 1. The van der Waals surface area contributed by atoms with E-state index in [1.54, 1.807) is 42.1 Å². The standard InChI is InChI=1S/C21H19N3O5S2/c1-29-20(26)15-6-9-17-18(13-15)31-21(23(17)11-12-30-2)22-19(25)10-5-14-3-7-16(8-4-14)24(27)28/h3-10,13H,11-12H2,1-2H3. The van der Waals surface area contributed by atoms with Crippen LogP contribution in [0.25, 0.3) is 16.3 Å². The number of nitro groups is 1. The summed E-state index contributed by atoms with van der Waals surface area (Å²) in [6.45, 7) is 0.664. The minimum Gasteiger partial charge on any atom is -0.465 e. The number of rotatable bonds is 7. The van der Waals surface area contributed by atoms with Crippen molar-refractivity contribution in [3.63, 3.8) is 0 Å². The van der Waals surface area contributed by atoms with Crippen LogP contribution in [0.2, 0.25) is 0 Å². The molecule has 0 spiro atoms. The topological polar surface area (TPSA) is 104 Å². The summed E-state index contributed by atoms with van der Waals surface area (Å²) in [5.74, 6) is -0.0347. The number of carbonyl (C=O) groups is 2. The Bertz CT molecular complexity index is 1230. The normalized spacial score (nSPS) is 11.9. The lowest BCUT2D eigenvalue weighted by molar-refractivity contribution is -0.384. The minimum absolute atomic E-state index is 0.0143. The van der Waals surface area contributed by atoms with Gasteiger partial charge in [-0.05, 0) is 48.2 Å². The molecule has 0 N–H and O–H groups in total. The minimum atomic E-state index is -0.478. The number of ether oxygens (including phenoxy) is 1. The molecule has 0 saturated carbocycles. The Balaban J connectivity index is 1.93. The van der Waals surface area contributed by atoms with E-state index in [9.17, 15) is 19.7 Å². The predicted molar refractivity (Wildman–Crippen MR) is 122 cm³/mol.